The molecule has 0 saturated carbocycles. The van der Waals surface area contributed by atoms with Crippen LogP contribution in [0.5, 0.6) is 0 Å². The average Bonchev–Trinajstić information content (AvgIpc) is 3.53. The molecule has 0 spiro atoms. The molecule has 1 N–H and O–H groups in total. The molecule has 11 heteroatoms. The molecule has 0 aromatic carbocycles. The Labute approximate surface area is 207 Å². The zero-order chi connectivity index (χ0) is 24.4. The van der Waals surface area contributed by atoms with Crippen molar-refractivity contribution in [2.45, 2.75) is 45.3 Å². The number of amides is 2. The molecule has 0 bridgehead atoms. The molecule has 0 aliphatic carbocycles. The van der Waals surface area contributed by atoms with Crippen LogP contribution in [-0.4, -0.2) is 75.8 Å². The Hall–Kier alpha value is -2.69. The summed E-state index contributed by atoms with van der Waals surface area (Å²) in [6, 6.07) is 7.57. The number of rotatable bonds is 7. The summed E-state index contributed by atoms with van der Waals surface area (Å²) < 4.78 is 7.63. The van der Waals surface area contributed by atoms with E-state index in [1.54, 1.807) is 32.3 Å². The highest BCUT2D eigenvalue weighted by atomic mass is 35.5. The van der Waals surface area contributed by atoms with E-state index >= 15 is 0 Å². The molecule has 2 amide bonds. The molecule has 1 aliphatic heterocycles. The smallest absolute Gasteiger partial charge is 0.273 e. The Morgan fingerprint density at radius 1 is 1.26 bits per heavy atom. The number of piperidine rings is 1. The molecule has 4 rings (SSSR count). The van der Waals surface area contributed by atoms with Crippen LogP contribution in [0.2, 0.25) is 4.34 Å². The number of nitrogens with zero attached hydrogens (tertiary/aromatic N) is 5. The highest BCUT2D eigenvalue weighted by molar-refractivity contribution is 7.19. The number of carbonyl (C=O) groups excluding carboxylic acids is 2. The molecule has 0 unspecified atom stereocenters. The largest absolute Gasteiger partial charge is 0.355 e. The van der Waals surface area contributed by atoms with Gasteiger partial charge in [-0.15, -0.1) is 11.3 Å². The zero-order valence-corrected chi connectivity index (χ0v) is 21.3. The summed E-state index contributed by atoms with van der Waals surface area (Å²) in [6.45, 7) is 6.45. The van der Waals surface area contributed by atoms with Gasteiger partial charge in [-0.3, -0.25) is 14.3 Å². The molecule has 3 aromatic rings. The summed E-state index contributed by atoms with van der Waals surface area (Å²) in [6.07, 6.45) is 1.77. The topological polar surface area (TPSA) is 96.5 Å². The third kappa shape index (κ3) is 5.51. The highest BCUT2D eigenvalue weighted by Crippen LogP contribution is 2.31. The molecule has 0 radical (unpaired) electrons. The lowest BCUT2D eigenvalue weighted by Gasteiger charge is -2.34. The molecular formula is C23H29ClN6O3S. The second-order valence-electron chi connectivity index (χ2n) is 8.94. The van der Waals surface area contributed by atoms with Crippen molar-refractivity contribution in [2.75, 3.05) is 27.2 Å². The van der Waals surface area contributed by atoms with Crippen LogP contribution < -0.4 is 5.32 Å². The molecule has 34 heavy (non-hydrogen) atoms. The average molecular weight is 505 g/mol. The van der Waals surface area contributed by atoms with Crippen LogP contribution in [0.1, 0.15) is 53.4 Å². The molecule has 3 aromatic heterocycles. The van der Waals surface area contributed by atoms with Crippen molar-refractivity contribution in [1.29, 1.82) is 0 Å². The maximum Gasteiger partial charge on any atom is 0.273 e. The number of carbonyl (C=O) groups is 2. The van der Waals surface area contributed by atoms with Gasteiger partial charge in [0.25, 0.3) is 11.8 Å². The van der Waals surface area contributed by atoms with Crippen molar-refractivity contribution in [3.05, 3.63) is 45.7 Å². The highest BCUT2D eigenvalue weighted by Gasteiger charge is 2.26. The Bertz CT molecular complexity index is 1160. The Balaban J connectivity index is 1.53. The van der Waals surface area contributed by atoms with Gasteiger partial charge in [0.15, 0.2) is 11.5 Å². The number of thiophene rings is 1. The van der Waals surface area contributed by atoms with Crippen molar-refractivity contribution in [1.82, 2.24) is 30.1 Å². The Morgan fingerprint density at radius 3 is 2.62 bits per heavy atom. The standard InChI is InChI=1S/C23H29ClN6O3S/c1-14(2)29-9-7-15(8-10-29)25-22(31)18-12-17(23(32)28(3)4)26-30(18)13-16-11-19(33-27-16)20-5-6-21(24)34-20/h5-6,11-12,14-15H,7-10,13H2,1-4H3,(H,25,31). The van der Waals surface area contributed by atoms with E-state index in [9.17, 15) is 9.59 Å². The van der Waals surface area contributed by atoms with Crippen LogP contribution in [-0.2, 0) is 6.54 Å². The van der Waals surface area contributed by atoms with Crippen LogP contribution in [0.4, 0.5) is 0 Å². The van der Waals surface area contributed by atoms with E-state index in [0.29, 0.717) is 27.5 Å². The molecule has 182 valence electrons. The van der Waals surface area contributed by atoms with Crippen molar-refractivity contribution in [3.8, 4) is 10.6 Å². The van der Waals surface area contributed by atoms with E-state index in [-0.39, 0.29) is 30.1 Å². The van der Waals surface area contributed by atoms with Crippen LogP contribution >= 0.6 is 22.9 Å². The Kier molecular flexibility index (Phi) is 7.39. The van der Waals surface area contributed by atoms with E-state index in [2.05, 4.69) is 34.3 Å². The van der Waals surface area contributed by atoms with E-state index in [4.69, 9.17) is 16.1 Å². The third-order valence-corrected chi connectivity index (χ3v) is 7.17. The Morgan fingerprint density at radius 2 is 2.00 bits per heavy atom. The second kappa shape index (κ2) is 10.3. The van der Waals surface area contributed by atoms with Crippen LogP contribution in [0.25, 0.3) is 10.6 Å². The molecule has 1 fully saturated rings. The van der Waals surface area contributed by atoms with Gasteiger partial charge in [-0.2, -0.15) is 5.10 Å². The maximum atomic E-state index is 13.2. The molecule has 9 nitrogen and oxygen atoms in total. The van der Waals surface area contributed by atoms with Gasteiger partial charge in [-0.25, -0.2) is 0 Å². The fourth-order valence-electron chi connectivity index (χ4n) is 3.98. The van der Waals surface area contributed by atoms with Gasteiger partial charge < -0.3 is 19.6 Å². The summed E-state index contributed by atoms with van der Waals surface area (Å²) in [4.78, 5) is 30.4. The minimum absolute atomic E-state index is 0.0843. The SMILES string of the molecule is CC(C)N1CCC(NC(=O)c2cc(C(=O)N(C)C)nn2Cc2cc(-c3ccc(Cl)s3)on2)CC1. The number of likely N-dealkylation sites (tertiary alicyclic amines) is 1. The molecule has 4 heterocycles. The molecule has 0 atom stereocenters. The molecule has 1 saturated heterocycles. The van der Waals surface area contributed by atoms with E-state index < -0.39 is 0 Å². The summed E-state index contributed by atoms with van der Waals surface area (Å²) in [5.41, 5.74) is 1.12. The summed E-state index contributed by atoms with van der Waals surface area (Å²) >= 11 is 7.42. The minimum atomic E-state index is -0.271. The number of hydrogen-bond donors (Lipinski definition) is 1. The fraction of sp³-hybridized carbons (Fsp3) is 0.478. The van der Waals surface area contributed by atoms with Crippen molar-refractivity contribution in [2.24, 2.45) is 0 Å². The maximum absolute atomic E-state index is 13.2. The zero-order valence-electron chi connectivity index (χ0n) is 19.7. The third-order valence-electron chi connectivity index (χ3n) is 5.92. The number of halogens is 1. The lowest BCUT2D eigenvalue weighted by atomic mass is 10.0. The minimum Gasteiger partial charge on any atom is -0.355 e. The van der Waals surface area contributed by atoms with Crippen LogP contribution in [0.15, 0.2) is 28.8 Å². The van der Waals surface area contributed by atoms with Gasteiger partial charge in [-0.05, 0) is 38.8 Å². The molecular weight excluding hydrogens is 476 g/mol. The monoisotopic (exact) mass is 504 g/mol. The van der Waals surface area contributed by atoms with E-state index in [1.165, 1.54) is 20.9 Å². The van der Waals surface area contributed by atoms with Crippen LogP contribution in [0, 0.1) is 0 Å². The van der Waals surface area contributed by atoms with Gasteiger partial charge in [0, 0.05) is 51.4 Å². The van der Waals surface area contributed by atoms with Crippen molar-refractivity contribution in [3.63, 3.8) is 0 Å². The number of hydrogen-bond acceptors (Lipinski definition) is 7. The number of nitrogens with one attached hydrogen (secondary N) is 1. The first-order chi connectivity index (χ1) is 16.2. The van der Waals surface area contributed by atoms with Crippen LogP contribution in [0.3, 0.4) is 0 Å². The van der Waals surface area contributed by atoms with Gasteiger partial charge in [-0.1, -0.05) is 16.8 Å². The normalized spacial score (nSPS) is 15.1. The van der Waals surface area contributed by atoms with Gasteiger partial charge in [0.2, 0.25) is 0 Å². The first kappa shape index (κ1) is 24.4. The lowest BCUT2D eigenvalue weighted by Crippen LogP contribution is -2.46. The number of aromatic nitrogens is 3. The van der Waals surface area contributed by atoms with E-state index in [0.717, 1.165) is 30.8 Å². The fourth-order valence-corrected chi connectivity index (χ4v) is 4.97. The predicted octanol–water partition coefficient (Wildman–Crippen LogP) is 3.61. The van der Waals surface area contributed by atoms with Gasteiger partial charge in [0.05, 0.1) is 15.8 Å². The van der Waals surface area contributed by atoms with Crippen molar-refractivity contribution < 1.29 is 14.1 Å². The first-order valence-electron chi connectivity index (χ1n) is 11.3. The summed E-state index contributed by atoms with van der Waals surface area (Å²) in [7, 11) is 3.30. The summed E-state index contributed by atoms with van der Waals surface area (Å²) in [5.74, 6) is 0.0701. The summed E-state index contributed by atoms with van der Waals surface area (Å²) in [5, 5.41) is 11.7. The van der Waals surface area contributed by atoms with Gasteiger partial charge in [0.1, 0.15) is 11.4 Å². The van der Waals surface area contributed by atoms with Crippen molar-refractivity contribution >= 4 is 34.8 Å². The first-order valence-corrected chi connectivity index (χ1v) is 12.5. The quantitative estimate of drug-likeness (QED) is 0.528. The van der Waals surface area contributed by atoms with Gasteiger partial charge >= 0.3 is 0 Å². The van der Waals surface area contributed by atoms with E-state index in [1.807, 2.05) is 6.07 Å². The lowest BCUT2D eigenvalue weighted by molar-refractivity contribution is 0.0820. The second-order valence-corrected chi connectivity index (χ2v) is 10.7. The molecule has 1 aliphatic rings. The predicted molar refractivity (Wildman–Crippen MR) is 131 cm³/mol.